The first-order valence-corrected chi connectivity index (χ1v) is 8.44. The number of nitro benzene ring substituents is 2. The zero-order valence-electron chi connectivity index (χ0n) is 13.9. The molecule has 11 heteroatoms. The Balaban J connectivity index is 2.78. The van der Waals surface area contributed by atoms with E-state index in [-0.39, 0.29) is 17.9 Å². The second-order valence-electron chi connectivity index (χ2n) is 5.45. The molecule has 0 fully saturated rings. The molecular formula is C16H13BrF3N3O4. The Kier molecular flexibility index (Phi) is 6.04. The maximum atomic E-state index is 13.4. The first-order valence-electron chi connectivity index (χ1n) is 7.64. The van der Waals surface area contributed by atoms with Gasteiger partial charge in [-0.05, 0) is 40.5 Å². The number of alkyl halides is 3. The molecule has 0 saturated heterocycles. The summed E-state index contributed by atoms with van der Waals surface area (Å²) >= 11 is 2.85. The monoisotopic (exact) mass is 447 g/mol. The maximum absolute atomic E-state index is 13.4. The summed E-state index contributed by atoms with van der Waals surface area (Å²) in [6.07, 6.45) is -4.28. The van der Waals surface area contributed by atoms with Crippen molar-refractivity contribution in [1.82, 2.24) is 0 Å². The number of nitrogens with zero attached hydrogens (tertiary/aromatic N) is 3. The predicted octanol–water partition coefficient (Wildman–Crippen LogP) is 5.83. The Morgan fingerprint density at radius 1 is 1.04 bits per heavy atom. The van der Waals surface area contributed by atoms with Crippen LogP contribution in [-0.2, 0) is 6.18 Å². The fourth-order valence-corrected chi connectivity index (χ4v) is 3.24. The minimum absolute atomic E-state index is 0.0399. The van der Waals surface area contributed by atoms with Crippen molar-refractivity contribution in [2.75, 3.05) is 11.4 Å². The van der Waals surface area contributed by atoms with Crippen molar-refractivity contribution in [3.8, 4) is 0 Å². The summed E-state index contributed by atoms with van der Waals surface area (Å²) in [5, 5.41) is 22.6. The molecule has 0 aromatic heterocycles. The summed E-state index contributed by atoms with van der Waals surface area (Å²) in [7, 11) is 0. The van der Waals surface area contributed by atoms with Gasteiger partial charge in [0.15, 0.2) is 4.47 Å². The van der Waals surface area contributed by atoms with Crippen molar-refractivity contribution in [3.63, 3.8) is 0 Å². The second-order valence-corrected chi connectivity index (χ2v) is 6.24. The first kappa shape index (κ1) is 20.6. The van der Waals surface area contributed by atoms with E-state index in [9.17, 15) is 33.4 Å². The van der Waals surface area contributed by atoms with E-state index in [1.165, 1.54) is 18.2 Å². The van der Waals surface area contributed by atoms with Gasteiger partial charge in [-0.3, -0.25) is 20.2 Å². The summed E-state index contributed by atoms with van der Waals surface area (Å²) in [4.78, 5) is 22.1. The fourth-order valence-electron chi connectivity index (χ4n) is 2.62. The highest BCUT2D eigenvalue weighted by molar-refractivity contribution is 9.10. The average Bonchev–Trinajstić information content (AvgIpc) is 2.58. The third kappa shape index (κ3) is 4.18. The molecule has 27 heavy (non-hydrogen) atoms. The van der Waals surface area contributed by atoms with Crippen LogP contribution in [0.1, 0.15) is 18.9 Å². The van der Waals surface area contributed by atoms with Crippen LogP contribution in [0, 0.1) is 20.2 Å². The van der Waals surface area contributed by atoms with Crippen molar-refractivity contribution in [3.05, 3.63) is 66.7 Å². The van der Waals surface area contributed by atoms with Gasteiger partial charge >= 0.3 is 11.9 Å². The Labute approximate surface area is 159 Å². The van der Waals surface area contributed by atoms with Gasteiger partial charge in [0.25, 0.3) is 5.69 Å². The molecule has 0 saturated carbocycles. The van der Waals surface area contributed by atoms with Crippen LogP contribution in [0.5, 0.6) is 0 Å². The van der Waals surface area contributed by atoms with Crippen molar-refractivity contribution in [1.29, 1.82) is 0 Å². The molecular weight excluding hydrogens is 435 g/mol. The number of benzene rings is 2. The van der Waals surface area contributed by atoms with Crippen LogP contribution in [0.4, 0.5) is 35.9 Å². The molecule has 0 unspecified atom stereocenters. The number of anilines is 2. The minimum atomic E-state index is -4.67. The summed E-state index contributed by atoms with van der Waals surface area (Å²) in [6, 6.07) is 6.80. The van der Waals surface area contributed by atoms with Gasteiger partial charge in [0.2, 0.25) is 0 Å². The SMILES string of the molecule is CCCN(c1ccccc1C(F)(F)F)c1ccc([N+](=O)[O-])c(Br)c1[N+](=O)[O-]. The molecule has 0 heterocycles. The third-order valence-electron chi connectivity index (χ3n) is 3.69. The zero-order chi connectivity index (χ0) is 20.4. The van der Waals surface area contributed by atoms with Crippen molar-refractivity contribution in [2.24, 2.45) is 0 Å². The maximum Gasteiger partial charge on any atom is 0.418 e. The van der Waals surface area contributed by atoms with E-state index in [2.05, 4.69) is 15.9 Å². The van der Waals surface area contributed by atoms with E-state index in [1.54, 1.807) is 6.92 Å². The summed E-state index contributed by atoms with van der Waals surface area (Å²) in [5.74, 6) is 0. The lowest BCUT2D eigenvalue weighted by atomic mass is 10.1. The minimum Gasteiger partial charge on any atom is -0.335 e. The van der Waals surface area contributed by atoms with Crippen LogP contribution in [0.25, 0.3) is 0 Å². The van der Waals surface area contributed by atoms with E-state index in [0.717, 1.165) is 23.1 Å². The first-order chi connectivity index (χ1) is 12.6. The number of para-hydroxylation sites is 1. The molecule has 0 aliphatic carbocycles. The number of hydrogen-bond acceptors (Lipinski definition) is 5. The van der Waals surface area contributed by atoms with Gasteiger partial charge in [0, 0.05) is 12.6 Å². The number of nitro groups is 2. The van der Waals surface area contributed by atoms with Crippen LogP contribution in [-0.4, -0.2) is 16.4 Å². The summed E-state index contributed by atoms with van der Waals surface area (Å²) in [5.41, 5.74) is -2.62. The van der Waals surface area contributed by atoms with Gasteiger partial charge < -0.3 is 4.90 Å². The van der Waals surface area contributed by atoms with Gasteiger partial charge in [0.1, 0.15) is 5.69 Å². The predicted molar refractivity (Wildman–Crippen MR) is 96.2 cm³/mol. The summed E-state index contributed by atoms with van der Waals surface area (Å²) < 4.78 is 39.8. The lowest BCUT2D eigenvalue weighted by Gasteiger charge is -2.27. The molecule has 2 rings (SSSR count). The van der Waals surface area contributed by atoms with Gasteiger partial charge in [-0.25, -0.2) is 0 Å². The average molecular weight is 448 g/mol. The molecule has 0 N–H and O–H groups in total. The molecule has 0 spiro atoms. The lowest BCUT2D eigenvalue weighted by Crippen LogP contribution is -2.23. The summed E-state index contributed by atoms with van der Waals surface area (Å²) in [6.45, 7) is 1.74. The fraction of sp³-hybridized carbons (Fsp3) is 0.250. The van der Waals surface area contributed by atoms with Gasteiger partial charge in [-0.15, -0.1) is 0 Å². The highest BCUT2D eigenvalue weighted by atomic mass is 79.9. The molecule has 0 radical (unpaired) electrons. The Morgan fingerprint density at radius 2 is 1.67 bits per heavy atom. The number of rotatable bonds is 6. The molecule has 0 amide bonds. The van der Waals surface area contributed by atoms with Crippen molar-refractivity contribution >= 4 is 38.7 Å². The standard InChI is InChI=1S/C16H13BrF3N3O4/c1-2-9-21(11-6-4-3-5-10(11)16(18,19)20)13-8-7-12(22(24)25)14(17)15(13)23(26)27/h3-8H,2,9H2,1H3. The lowest BCUT2D eigenvalue weighted by molar-refractivity contribution is -0.395. The zero-order valence-corrected chi connectivity index (χ0v) is 15.5. The molecule has 2 aromatic carbocycles. The third-order valence-corrected chi connectivity index (χ3v) is 4.47. The van der Waals surface area contributed by atoms with E-state index in [4.69, 9.17) is 0 Å². The van der Waals surface area contributed by atoms with Gasteiger partial charge in [-0.2, -0.15) is 13.2 Å². The van der Waals surface area contributed by atoms with Crippen molar-refractivity contribution in [2.45, 2.75) is 19.5 Å². The molecule has 0 bridgehead atoms. The quantitative estimate of drug-likeness (QED) is 0.410. The Morgan fingerprint density at radius 3 is 2.19 bits per heavy atom. The van der Waals surface area contributed by atoms with Crippen LogP contribution >= 0.6 is 15.9 Å². The van der Waals surface area contributed by atoms with Crippen LogP contribution in [0.15, 0.2) is 40.9 Å². The molecule has 0 aliphatic rings. The van der Waals surface area contributed by atoms with Crippen LogP contribution < -0.4 is 4.90 Å². The number of hydrogen-bond donors (Lipinski definition) is 0. The molecule has 7 nitrogen and oxygen atoms in total. The van der Waals surface area contributed by atoms with E-state index < -0.39 is 37.4 Å². The smallest absolute Gasteiger partial charge is 0.335 e. The van der Waals surface area contributed by atoms with E-state index in [1.807, 2.05) is 0 Å². The molecule has 0 aliphatic heterocycles. The normalized spacial score (nSPS) is 11.3. The molecule has 144 valence electrons. The highest BCUT2D eigenvalue weighted by Crippen LogP contribution is 2.46. The Bertz CT molecular complexity index is 890. The highest BCUT2D eigenvalue weighted by Gasteiger charge is 2.37. The van der Waals surface area contributed by atoms with Crippen LogP contribution in [0.2, 0.25) is 0 Å². The van der Waals surface area contributed by atoms with Gasteiger partial charge in [0.05, 0.1) is 21.1 Å². The topological polar surface area (TPSA) is 89.5 Å². The van der Waals surface area contributed by atoms with Crippen molar-refractivity contribution < 1.29 is 23.0 Å². The van der Waals surface area contributed by atoms with E-state index >= 15 is 0 Å². The molecule has 0 atom stereocenters. The van der Waals surface area contributed by atoms with Crippen LogP contribution in [0.3, 0.4) is 0 Å². The largest absolute Gasteiger partial charge is 0.418 e. The number of halogens is 4. The second kappa shape index (κ2) is 7.91. The Hall–Kier alpha value is -2.69. The molecule has 2 aromatic rings. The van der Waals surface area contributed by atoms with Gasteiger partial charge in [-0.1, -0.05) is 19.1 Å². The van der Waals surface area contributed by atoms with E-state index in [0.29, 0.717) is 6.42 Å².